The molecule has 1 aromatic heterocycles. The molecule has 0 saturated carbocycles. The third-order valence-electron chi connectivity index (χ3n) is 2.17. The van der Waals surface area contributed by atoms with E-state index in [0.717, 1.165) is 0 Å². The lowest BCUT2D eigenvalue weighted by atomic mass is 10.1. The first-order valence-electron chi connectivity index (χ1n) is 4.51. The van der Waals surface area contributed by atoms with Gasteiger partial charge in [0.15, 0.2) is 5.76 Å². The zero-order valence-electron chi connectivity index (χ0n) is 8.33. The highest BCUT2D eigenvalue weighted by Gasteiger charge is 2.19. The van der Waals surface area contributed by atoms with Crippen molar-refractivity contribution in [2.75, 3.05) is 0 Å². The molecule has 2 rings (SSSR count). The molecule has 0 bridgehead atoms. The molecule has 0 saturated heterocycles. The Kier molecular flexibility index (Phi) is 2.99. The predicted molar refractivity (Wildman–Crippen MR) is 61.9 cm³/mol. The summed E-state index contributed by atoms with van der Waals surface area (Å²) < 4.78 is 5.08. The molecular formula is C11H7Cl2NO2. The zero-order valence-corrected chi connectivity index (χ0v) is 9.84. The van der Waals surface area contributed by atoms with Gasteiger partial charge in [0.25, 0.3) is 5.24 Å². The lowest BCUT2D eigenvalue weighted by Gasteiger charge is -1.98. The maximum Gasteiger partial charge on any atom is 0.258 e. The number of benzene rings is 1. The molecule has 0 atom stereocenters. The van der Waals surface area contributed by atoms with Crippen LogP contribution in [0.3, 0.4) is 0 Å². The number of rotatable bonds is 2. The summed E-state index contributed by atoms with van der Waals surface area (Å²) >= 11 is 11.2. The van der Waals surface area contributed by atoms with Gasteiger partial charge >= 0.3 is 0 Å². The topological polar surface area (TPSA) is 43.1 Å². The normalized spacial score (nSPS) is 10.4. The summed E-state index contributed by atoms with van der Waals surface area (Å²) in [4.78, 5) is 11.2. The van der Waals surface area contributed by atoms with Crippen molar-refractivity contribution in [2.24, 2.45) is 0 Å². The van der Waals surface area contributed by atoms with Crippen LogP contribution in [0.1, 0.15) is 16.1 Å². The second-order valence-corrected chi connectivity index (χ2v) is 4.03. The van der Waals surface area contributed by atoms with Crippen LogP contribution in [0, 0.1) is 6.92 Å². The fourth-order valence-corrected chi connectivity index (χ4v) is 1.75. The van der Waals surface area contributed by atoms with E-state index in [2.05, 4.69) is 5.16 Å². The van der Waals surface area contributed by atoms with Crippen molar-refractivity contribution >= 4 is 28.4 Å². The molecule has 0 aliphatic heterocycles. The third kappa shape index (κ3) is 1.96. The van der Waals surface area contributed by atoms with Crippen LogP contribution in [0.5, 0.6) is 0 Å². The van der Waals surface area contributed by atoms with Gasteiger partial charge in [0, 0.05) is 10.6 Å². The summed E-state index contributed by atoms with van der Waals surface area (Å²) in [6, 6.07) is 6.89. The van der Waals surface area contributed by atoms with Gasteiger partial charge < -0.3 is 4.52 Å². The second-order valence-electron chi connectivity index (χ2n) is 3.25. The average Bonchev–Trinajstić information content (AvgIpc) is 2.61. The van der Waals surface area contributed by atoms with E-state index in [4.69, 9.17) is 27.7 Å². The second kappa shape index (κ2) is 4.28. The van der Waals surface area contributed by atoms with Gasteiger partial charge in [-0.2, -0.15) is 0 Å². The summed E-state index contributed by atoms with van der Waals surface area (Å²) in [6.07, 6.45) is 0. The van der Waals surface area contributed by atoms with Crippen molar-refractivity contribution in [2.45, 2.75) is 6.92 Å². The highest BCUT2D eigenvalue weighted by molar-refractivity contribution is 6.68. The number of nitrogens with zero attached hydrogens (tertiary/aromatic N) is 1. The summed E-state index contributed by atoms with van der Waals surface area (Å²) in [5, 5.41) is 3.75. The van der Waals surface area contributed by atoms with Crippen molar-refractivity contribution < 1.29 is 9.32 Å². The van der Waals surface area contributed by atoms with E-state index in [9.17, 15) is 4.79 Å². The van der Waals surface area contributed by atoms with Crippen LogP contribution < -0.4 is 0 Å². The van der Waals surface area contributed by atoms with Crippen molar-refractivity contribution in [3.63, 3.8) is 0 Å². The van der Waals surface area contributed by atoms with E-state index in [1.807, 2.05) is 0 Å². The highest BCUT2D eigenvalue weighted by atomic mass is 35.5. The van der Waals surface area contributed by atoms with Crippen LogP contribution in [0.2, 0.25) is 5.02 Å². The quantitative estimate of drug-likeness (QED) is 0.769. The van der Waals surface area contributed by atoms with Crippen LogP contribution in [-0.4, -0.2) is 10.4 Å². The number of halogens is 2. The number of carbonyl (C=O) groups is 1. The van der Waals surface area contributed by atoms with Crippen LogP contribution in [0.15, 0.2) is 28.8 Å². The molecule has 1 heterocycles. The largest absolute Gasteiger partial charge is 0.355 e. The predicted octanol–water partition coefficient (Wildman–Crippen LogP) is 3.68. The monoisotopic (exact) mass is 255 g/mol. The Morgan fingerprint density at radius 2 is 1.94 bits per heavy atom. The Hall–Kier alpha value is -1.32. The fourth-order valence-electron chi connectivity index (χ4n) is 1.40. The number of hydrogen-bond acceptors (Lipinski definition) is 3. The van der Waals surface area contributed by atoms with Gasteiger partial charge in [-0.05, 0) is 42.8 Å². The van der Waals surface area contributed by atoms with Crippen LogP contribution in [-0.2, 0) is 0 Å². The first-order chi connectivity index (χ1) is 7.59. The van der Waals surface area contributed by atoms with Gasteiger partial charge in [0.1, 0.15) is 5.56 Å². The minimum Gasteiger partial charge on any atom is -0.355 e. The van der Waals surface area contributed by atoms with Crippen LogP contribution in [0.4, 0.5) is 0 Å². The first kappa shape index (κ1) is 11.2. The van der Waals surface area contributed by atoms with E-state index in [1.165, 1.54) is 0 Å². The fraction of sp³-hybridized carbons (Fsp3) is 0.0909. The van der Waals surface area contributed by atoms with Gasteiger partial charge in [-0.3, -0.25) is 4.79 Å². The Morgan fingerprint density at radius 1 is 1.31 bits per heavy atom. The van der Waals surface area contributed by atoms with E-state index < -0.39 is 5.24 Å². The van der Waals surface area contributed by atoms with E-state index in [-0.39, 0.29) is 0 Å². The van der Waals surface area contributed by atoms with Crippen molar-refractivity contribution in [3.8, 4) is 11.3 Å². The Labute approximate surface area is 102 Å². The molecule has 0 spiro atoms. The molecule has 82 valence electrons. The number of aryl methyl sites for hydroxylation is 1. The third-order valence-corrected chi connectivity index (χ3v) is 2.61. The molecule has 16 heavy (non-hydrogen) atoms. The van der Waals surface area contributed by atoms with Gasteiger partial charge in [-0.1, -0.05) is 16.8 Å². The molecule has 0 aliphatic carbocycles. The Morgan fingerprint density at radius 3 is 2.50 bits per heavy atom. The van der Waals surface area contributed by atoms with E-state index in [1.54, 1.807) is 31.2 Å². The molecule has 5 heteroatoms. The maximum atomic E-state index is 11.2. The minimum absolute atomic E-state index is 0.295. The maximum absolute atomic E-state index is 11.2. The minimum atomic E-state index is -0.580. The molecule has 0 aliphatic rings. The number of hydrogen-bond donors (Lipinski definition) is 0. The smallest absolute Gasteiger partial charge is 0.258 e. The molecule has 0 amide bonds. The van der Waals surface area contributed by atoms with Gasteiger partial charge in [0.2, 0.25) is 0 Å². The summed E-state index contributed by atoms with van der Waals surface area (Å²) in [6.45, 7) is 1.67. The lowest BCUT2D eigenvalue weighted by Crippen LogP contribution is -1.92. The van der Waals surface area contributed by atoms with Crippen LogP contribution in [0.25, 0.3) is 11.3 Å². The lowest BCUT2D eigenvalue weighted by molar-refractivity contribution is 0.108. The standard InChI is InChI=1S/C11H7Cl2NO2/c1-6-9(11(13)15)10(16-14-6)7-2-4-8(12)5-3-7/h2-5H,1H3. The van der Waals surface area contributed by atoms with E-state index >= 15 is 0 Å². The first-order valence-corrected chi connectivity index (χ1v) is 5.27. The van der Waals surface area contributed by atoms with E-state index in [0.29, 0.717) is 27.6 Å². The average molecular weight is 256 g/mol. The zero-order chi connectivity index (χ0) is 11.7. The molecule has 0 radical (unpaired) electrons. The van der Waals surface area contributed by atoms with Gasteiger partial charge in [-0.15, -0.1) is 0 Å². The summed E-state index contributed by atoms with van der Waals surface area (Å²) in [5.74, 6) is 0.370. The molecule has 2 aromatic rings. The molecule has 0 fully saturated rings. The molecule has 1 aromatic carbocycles. The van der Waals surface area contributed by atoms with Gasteiger partial charge in [0.05, 0.1) is 5.69 Å². The summed E-state index contributed by atoms with van der Waals surface area (Å²) in [7, 11) is 0. The molecular weight excluding hydrogens is 249 g/mol. The number of aromatic nitrogens is 1. The number of carbonyl (C=O) groups excluding carboxylic acids is 1. The van der Waals surface area contributed by atoms with Crippen molar-refractivity contribution in [1.82, 2.24) is 5.16 Å². The Bertz CT molecular complexity index is 531. The summed E-state index contributed by atoms with van der Waals surface area (Å²) in [5.41, 5.74) is 1.49. The Balaban J connectivity index is 2.56. The van der Waals surface area contributed by atoms with Gasteiger partial charge in [-0.25, -0.2) is 0 Å². The van der Waals surface area contributed by atoms with Crippen molar-refractivity contribution in [3.05, 3.63) is 40.5 Å². The SMILES string of the molecule is Cc1noc(-c2ccc(Cl)cc2)c1C(=O)Cl. The van der Waals surface area contributed by atoms with Crippen molar-refractivity contribution in [1.29, 1.82) is 0 Å². The molecule has 3 nitrogen and oxygen atoms in total. The molecule has 0 unspecified atom stereocenters. The molecule has 0 N–H and O–H groups in total. The van der Waals surface area contributed by atoms with Crippen LogP contribution >= 0.6 is 23.2 Å². The highest BCUT2D eigenvalue weighted by Crippen LogP contribution is 2.28.